The van der Waals surface area contributed by atoms with Crippen LogP contribution < -0.4 is 14.8 Å². The van der Waals surface area contributed by atoms with Gasteiger partial charge in [0.2, 0.25) is 0 Å². The van der Waals surface area contributed by atoms with Crippen molar-refractivity contribution in [2.24, 2.45) is 0 Å². The van der Waals surface area contributed by atoms with Gasteiger partial charge in [-0.25, -0.2) is 4.79 Å². The molecule has 0 saturated heterocycles. The number of hydrogen-bond acceptors (Lipinski definition) is 4. The molecule has 1 N–H and O–H groups in total. The third-order valence-corrected chi connectivity index (χ3v) is 2.18. The van der Waals surface area contributed by atoms with E-state index in [2.05, 4.69) is 10.1 Å². The second-order valence-corrected chi connectivity index (χ2v) is 3.33. The summed E-state index contributed by atoms with van der Waals surface area (Å²) >= 11 is 0. The fourth-order valence-corrected chi connectivity index (χ4v) is 1.41. The predicted molar refractivity (Wildman–Crippen MR) is 58.1 cm³/mol. The van der Waals surface area contributed by atoms with Crippen molar-refractivity contribution < 1.29 is 19.0 Å². The number of benzene rings is 1. The first-order chi connectivity index (χ1) is 7.79. The molecule has 0 spiro atoms. The summed E-state index contributed by atoms with van der Waals surface area (Å²) in [7, 11) is 1.32. The lowest BCUT2D eigenvalue weighted by atomic mass is 10.3. The van der Waals surface area contributed by atoms with Crippen LogP contribution in [0.15, 0.2) is 18.2 Å². The molecule has 16 heavy (non-hydrogen) atoms. The Morgan fingerprint density at radius 2 is 2.06 bits per heavy atom. The molecule has 1 aliphatic heterocycles. The van der Waals surface area contributed by atoms with Crippen LogP contribution in [0.2, 0.25) is 0 Å². The SMILES string of the molecule is COC(=O)Nc1ccc2c(c1)OCCCO2. The number of fused-ring (bicyclic) bond motifs is 1. The summed E-state index contributed by atoms with van der Waals surface area (Å²) < 4.78 is 15.5. The van der Waals surface area contributed by atoms with Gasteiger partial charge in [-0.05, 0) is 12.1 Å². The van der Waals surface area contributed by atoms with Gasteiger partial charge in [0.05, 0.1) is 20.3 Å². The topological polar surface area (TPSA) is 56.8 Å². The maximum atomic E-state index is 11.0. The van der Waals surface area contributed by atoms with E-state index in [-0.39, 0.29) is 0 Å². The fraction of sp³-hybridized carbons (Fsp3) is 0.364. The minimum Gasteiger partial charge on any atom is -0.490 e. The summed E-state index contributed by atoms with van der Waals surface area (Å²) in [6.07, 6.45) is 0.350. The van der Waals surface area contributed by atoms with Crippen molar-refractivity contribution in [3.63, 3.8) is 0 Å². The van der Waals surface area contributed by atoms with Crippen LogP contribution in [-0.2, 0) is 4.74 Å². The Kier molecular flexibility index (Phi) is 3.14. The highest BCUT2D eigenvalue weighted by atomic mass is 16.5. The molecule has 0 aliphatic carbocycles. The standard InChI is InChI=1S/C11H13NO4/c1-14-11(13)12-8-3-4-9-10(7-8)16-6-2-5-15-9/h3-4,7H,2,5-6H2,1H3,(H,12,13). The molecule has 0 bridgehead atoms. The van der Waals surface area contributed by atoms with Gasteiger partial charge in [-0.15, -0.1) is 0 Å². The van der Waals surface area contributed by atoms with Gasteiger partial charge in [-0.3, -0.25) is 5.32 Å². The maximum absolute atomic E-state index is 11.0. The third-order valence-electron chi connectivity index (χ3n) is 2.18. The Morgan fingerprint density at radius 1 is 1.31 bits per heavy atom. The van der Waals surface area contributed by atoms with Crippen LogP contribution in [0.4, 0.5) is 10.5 Å². The highest BCUT2D eigenvalue weighted by Crippen LogP contribution is 2.32. The second-order valence-electron chi connectivity index (χ2n) is 3.33. The van der Waals surface area contributed by atoms with Gasteiger partial charge in [0.1, 0.15) is 0 Å². The molecule has 0 atom stereocenters. The Balaban J connectivity index is 2.17. The number of carbonyl (C=O) groups excluding carboxylic acids is 1. The Morgan fingerprint density at radius 3 is 2.81 bits per heavy atom. The average Bonchev–Trinajstić information content (AvgIpc) is 2.53. The Labute approximate surface area is 93.3 Å². The minimum absolute atomic E-state index is 0.505. The maximum Gasteiger partial charge on any atom is 0.411 e. The molecule has 0 radical (unpaired) electrons. The van der Waals surface area contributed by atoms with Gasteiger partial charge in [0.15, 0.2) is 11.5 Å². The fourth-order valence-electron chi connectivity index (χ4n) is 1.41. The van der Waals surface area contributed by atoms with Gasteiger partial charge in [-0.1, -0.05) is 0 Å². The molecular weight excluding hydrogens is 210 g/mol. The van der Waals surface area contributed by atoms with Crippen LogP contribution in [-0.4, -0.2) is 26.4 Å². The molecule has 0 aromatic heterocycles. The van der Waals surface area contributed by atoms with Gasteiger partial charge in [0.25, 0.3) is 0 Å². The van der Waals surface area contributed by atoms with Gasteiger partial charge >= 0.3 is 6.09 Å². The van der Waals surface area contributed by atoms with Crippen molar-refractivity contribution in [3.8, 4) is 11.5 Å². The third kappa shape index (κ3) is 2.36. The average molecular weight is 223 g/mol. The number of carbonyl (C=O) groups is 1. The van der Waals surface area contributed by atoms with Gasteiger partial charge in [0, 0.05) is 18.2 Å². The van der Waals surface area contributed by atoms with E-state index in [4.69, 9.17) is 9.47 Å². The lowest BCUT2D eigenvalue weighted by Gasteiger charge is -2.09. The number of anilines is 1. The van der Waals surface area contributed by atoms with Gasteiger partial charge < -0.3 is 14.2 Å². The number of ether oxygens (including phenoxy) is 3. The van der Waals surface area contributed by atoms with E-state index in [1.807, 2.05) is 0 Å². The first-order valence-electron chi connectivity index (χ1n) is 5.04. The first kappa shape index (κ1) is 10.6. The second kappa shape index (κ2) is 4.74. The largest absolute Gasteiger partial charge is 0.490 e. The molecule has 5 nitrogen and oxygen atoms in total. The van der Waals surface area contributed by atoms with E-state index < -0.39 is 6.09 Å². The molecule has 1 heterocycles. The van der Waals surface area contributed by atoms with Crippen molar-refractivity contribution in [3.05, 3.63) is 18.2 Å². The summed E-state index contributed by atoms with van der Waals surface area (Å²) in [5.41, 5.74) is 0.621. The Bertz CT molecular complexity index is 392. The highest BCUT2D eigenvalue weighted by Gasteiger charge is 2.11. The van der Waals surface area contributed by atoms with Crippen molar-refractivity contribution >= 4 is 11.8 Å². The van der Waals surface area contributed by atoms with Crippen molar-refractivity contribution in [1.29, 1.82) is 0 Å². The summed E-state index contributed by atoms with van der Waals surface area (Å²) in [4.78, 5) is 11.0. The van der Waals surface area contributed by atoms with Gasteiger partial charge in [-0.2, -0.15) is 0 Å². The summed E-state index contributed by atoms with van der Waals surface area (Å²) in [5, 5.41) is 2.57. The quantitative estimate of drug-likeness (QED) is 0.791. The molecule has 0 saturated carbocycles. The zero-order valence-electron chi connectivity index (χ0n) is 8.99. The number of methoxy groups -OCH3 is 1. The van der Waals surface area contributed by atoms with Crippen molar-refractivity contribution in [2.45, 2.75) is 6.42 Å². The van der Waals surface area contributed by atoms with Crippen molar-refractivity contribution in [1.82, 2.24) is 0 Å². The molecular formula is C11H13NO4. The number of amides is 1. The summed E-state index contributed by atoms with van der Waals surface area (Å²) in [6, 6.07) is 5.23. The van der Waals surface area contributed by atoms with E-state index in [9.17, 15) is 4.79 Å². The minimum atomic E-state index is -0.505. The van der Waals surface area contributed by atoms with Crippen LogP contribution in [0.1, 0.15) is 6.42 Å². The van der Waals surface area contributed by atoms with Crippen LogP contribution in [0.25, 0.3) is 0 Å². The summed E-state index contributed by atoms with van der Waals surface area (Å²) in [5.74, 6) is 1.35. The van der Waals surface area contributed by atoms with E-state index in [1.165, 1.54) is 7.11 Å². The summed E-state index contributed by atoms with van der Waals surface area (Å²) in [6.45, 7) is 1.27. The first-order valence-corrected chi connectivity index (χ1v) is 5.04. The number of rotatable bonds is 1. The molecule has 0 unspecified atom stereocenters. The lowest BCUT2D eigenvalue weighted by molar-refractivity contribution is 0.187. The molecule has 86 valence electrons. The zero-order valence-corrected chi connectivity index (χ0v) is 8.99. The molecule has 1 aromatic rings. The molecule has 1 amide bonds. The van der Waals surface area contributed by atoms with E-state index in [1.54, 1.807) is 18.2 Å². The Hall–Kier alpha value is -1.91. The van der Waals surface area contributed by atoms with E-state index >= 15 is 0 Å². The van der Waals surface area contributed by atoms with Crippen LogP contribution in [0.5, 0.6) is 11.5 Å². The van der Waals surface area contributed by atoms with Crippen molar-refractivity contribution in [2.75, 3.05) is 25.6 Å². The molecule has 5 heteroatoms. The smallest absolute Gasteiger partial charge is 0.411 e. The highest BCUT2D eigenvalue weighted by molar-refractivity contribution is 5.85. The number of hydrogen-bond donors (Lipinski definition) is 1. The molecule has 2 rings (SSSR count). The lowest BCUT2D eigenvalue weighted by Crippen LogP contribution is -2.10. The van der Waals surface area contributed by atoms with Crippen LogP contribution in [0, 0.1) is 0 Å². The molecule has 1 aliphatic rings. The van der Waals surface area contributed by atoms with Crippen LogP contribution in [0.3, 0.4) is 0 Å². The van der Waals surface area contributed by atoms with E-state index in [0.29, 0.717) is 30.4 Å². The van der Waals surface area contributed by atoms with E-state index in [0.717, 1.165) is 6.42 Å². The monoisotopic (exact) mass is 223 g/mol. The molecule has 1 aromatic carbocycles. The number of nitrogens with one attached hydrogen (secondary N) is 1. The molecule has 0 fully saturated rings. The predicted octanol–water partition coefficient (Wildman–Crippen LogP) is 2.03. The normalized spacial score (nSPS) is 13.8. The zero-order chi connectivity index (χ0) is 11.4. The van der Waals surface area contributed by atoms with Crippen LogP contribution >= 0.6 is 0 Å².